The Balaban J connectivity index is 1.64. The maximum absolute atomic E-state index is 14.0. The third-order valence-electron chi connectivity index (χ3n) is 5.02. The molecule has 0 spiro atoms. The molecular formula is C21H27FN2O2. The molecule has 5 heteroatoms. The minimum atomic E-state index is -0.158. The second kappa shape index (κ2) is 9.12. The summed E-state index contributed by atoms with van der Waals surface area (Å²) in [6, 6.07) is 15.3. The molecule has 1 unspecified atom stereocenters. The van der Waals surface area contributed by atoms with Gasteiger partial charge in [-0.3, -0.25) is 9.80 Å². The van der Waals surface area contributed by atoms with Gasteiger partial charge in [-0.1, -0.05) is 30.3 Å². The molecule has 3 rings (SSSR count). The number of ether oxygens (including phenoxy) is 1. The van der Waals surface area contributed by atoms with Gasteiger partial charge >= 0.3 is 0 Å². The number of piperazine rings is 1. The van der Waals surface area contributed by atoms with Gasteiger partial charge in [-0.25, -0.2) is 4.39 Å². The maximum Gasteiger partial charge on any atom is 0.127 e. The van der Waals surface area contributed by atoms with Crippen LogP contribution in [0.4, 0.5) is 4.39 Å². The fourth-order valence-corrected chi connectivity index (χ4v) is 3.61. The molecule has 26 heavy (non-hydrogen) atoms. The van der Waals surface area contributed by atoms with Crippen molar-refractivity contribution in [3.05, 3.63) is 65.5 Å². The zero-order valence-corrected chi connectivity index (χ0v) is 15.3. The summed E-state index contributed by atoms with van der Waals surface area (Å²) in [4.78, 5) is 4.68. The van der Waals surface area contributed by atoms with Crippen LogP contribution in [0.3, 0.4) is 0 Å². The molecule has 4 nitrogen and oxygen atoms in total. The summed E-state index contributed by atoms with van der Waals surface area (Å²) in [5.41, 5.74) is 1.94. The van der Waals surface area contributed by atoms with Crippen LogP contribution in [0.5, 0.6) is 5.75 Å². The number of rotatable bonds is 7. The van der Waals surface area contributed by atoms with Gasteiger partial charge in [-0.2, -0.15) is 0 Å². The van der Waals surface area contributed by atoms with Gasteiger partial charge in [0.25, 0.3) is 0 Å². The second-order valence-electron chi connectivity index (χ2n) is 6.81. The smallest absolute Gasteiger partial charge is 0.127 e. The summed E-state index contributed by atoms with van der Waals surface area (Å²) in [6.45, 7) is 4.24. The Bertz CT molecular complexity index is 710. The van der Waals surface area contributed by atoms with Crippen molar-refractivity contribution in [2.45, 2.75) is 25.6 Å². The normalized spacial score (nSPS) is 18.8. The standard InChI is InChI=1S/C21H27FN2O2/c1-26-20-7-4-5-17(13-20)14-23-10-11-24(19(16-23)9-12-25)15-18-6-2-3-8-21(18)22/h2-8,13,19,25H,9-12,14-16H2,1H3. The Morgan fingerprint density at radius 2 is 1.96 bits per heavy atom. The van der Waals surface area contributed by atoms with Gasteiger partial charge in [0, 0.05) is 50.9 Å². The Morgan fingerprint density at radius 3 is 2.73 bits per heavy atom. The molecule has 0 amide bonds. The molecule has 1 saturated heterocycles. The maximum atomic E-state index is 14.0. The lowest BCUT2D eigenvalue weighted by molar-refractivity contribution is 0.0493. The lowest BCUT2D eigenvalue weighted by Gasteiger charge is -2.41. The van der Waals surface area contributed by atoms with Gasteiger partial charge in [0.15, 0.2) is 0 Å². The molecule has 1 aliphatic heterocycles. The number of benzene rings is 2. The van der Waals surface area contributed by atoms with Crippen molar-refractivity contribution in [1.82, 2.24) is 9.80 Å². The SMILES string of the molecule is COc1cccc(CN2CCN(Cc3ccccc3F)C(CCO)C2)c1. The van der Waals surface area contributed by atoms with Crippen LogP contribution >= 0.6 is 0 Å². The number of nitrogens with zero attached hydrogens (tertiary/aromatic N) is 2. The van der Waals surface area contributed by atoms with E-state index >= 15 is 0 Å². The van der Waals surface area contributed by atoms with Gasteiger partial charge in [0.2, 0.25) is 0 Å². The fourth-order valence-electron chi connectivity index (χ4n) is 3.61. The number of hydrogen-bond donors (Lipinski definition) is 1. The second-order valence-corrected chi connectivity index (χ2v) is 6.81. The first kappa shape index (κ1) is 18.8. The summed E-state index contributed by atoms with van der Waals surface area (Å²) in [5.74, 6) is 0.710. The van der Waals surface area contributed by atoms with E-state index in [-0.39, 0.29) is 18.5 Å². The molecule has 0 bridgehead atoms. The highest BCUT2D eigenvalue weighted by Crippen LogP contribution is 2.21. The molecule has 1 fully saturated rings. The predicted molar refractivity (Wildman–Crippen MR) is 101 cm³/mol. The fraction of sp³-hybridized carbons (Fsp3) is 0.429. The average molecular weight is 358 g/mol. The number of methoxy groups -OCH3 is 1. The summed E-state index contributed by atoms with van der Waals surface area (Å²) >= 11 is 0. The minimum Gasteiger partial charge on any atom is -0.497 e. The first-order chi connectivity index (χ1) is 12.7. The van der Waals surface area contributed by atoms with E-state index in [2.05, 4.69) is 21.9 Å². The molecule has 1 aliphatic rings. The zero-order valence-electron chi connectivity index (χ0n) is 15.3. The van der Waals surface area contributed by atoms with E-state index in [0.29, 0.717) is 13.0 Å². The molecule has 0 radical (unpaired) electrons. The molecule has 1 atom stereocenters. The molecule has 1 heterocycles. The van der Waals surface area contributed by atoms with E-state index in [4.69, 9.17) is 4.74 Å². The van der Waals surface area contributed by atoms with Crippen molar-refractivity contribution < 1.29 is 14.2 Å². The van der Waals surface area contributed by atoms with Crippen molar-refractivity contribution in [3.8, 4) is 5.75 Å². The lowest BCUT2D eigenvalue weighted by atomic mass is 10.1. The van der Waals surface area contributed by atoms with Crippen LogP contribution in [0.1, 0.15) is 17.5 Å². The summed E-state index contributed by atoms with van der Waals surface area (Å²) in [5, 5.41) is 9.47. The number of aliphatic hydroxyl groups excluding tert-OH is 1. The molecule has 0 saturated carbocycles. The van der Waals surface area contributed by atoms with Gasteiger partial charge in [0.1, 0.15) is 11.6 Å². The van der Waals surface area contributed by atoms with E-state index in [0.717, 1.165) is 37.5 Å². The molecule has 1 N–H and O–H groups in total. The van der Waals surface area contributed by atoms with Crippen molar-refractivity contribution in [3.63, 3.8) is 0 Å². The highest BCUT2D eigenvalue weighted by Gasteiger charge is 2.27. The first-order valence-corrected chi connectivity index (χ1v) is 9.13. The van der Waals surface area contributed by atoms with Crippen LogP contribution in [0.2, 0.25) is 0 Å². The summed E-state index contributed by atoms with van der Waals surface area (Å²) in [6.07, 6.45) is 0.697. The average Bonchev–Trinajstić information content (AvgIpc) is 2.66. The number of halogens is 1. The minimum absolute atomic E-state index is 0.144. The zero-order chi connectivity index (χ0) is 18.4. The van der Waals surface area contributed by atoms with E-state index in [1.165, 1.54) is 11.6 Å². The Morgan fingerprint density at radius 1 is 1.12 bits per heavy atom. The van der Waals surface area contributed by atoms with Crippen molar-refractivity contribution in [2.75, 3.05) is 33.4 Å². The van der Waals surface area contributed by atoms with Crippen LogP contribution in [0, 0.1) is 5.82 Å². The number of aliphatic hydroxyl groups is 1. The Kier molecular flexibility index (Phi) is 6.61. The topological polar surface area (TPSA) is 35.9 Å². The molecule has 140 valence electrons. The van der Waals surface area contributed by atoms with Crippen molar-refractivity contribution in [1.29, 1.82) is 0 Å². The van der Waals surface area contributed by atoms with Crippen molar-refractivity contribution >= 4 is 0 Å². The van der Waals surface area contributed by atoms with Crippen LogP contribution < -0.4 is 4.74 Å². The van der Waals surface area contributed by atoms with Crippen LogP contribution in [-0.4, -0.2) is 54.3 Å². The Labute approximate surface area is 154 Å². The number of hydrogen-bond acceptors (Lipinski definition) is 4. The molecular weight excluding hydrogens is 331 g/mol. The quantitative estimate of drug-likeness (QED) is 0.826. The summed E-state index contributed by atoms with van der Waals surface area (Å²) < 4.78 is 19.3. The van der Waals surface area contributed by atoms with Gasteiger partial charge in [-0.05, 0) is 30.2 Å². The summed E-state index contributed by atoms with van der Waals surface area (Å²) in [7, 11) is 1.68. The molecule has 0 aliphatic carbocycles. The lowest BCUT2D eigenvalue weighted by Crippen LogP contribution is -2.52. The van der Waals surface area contributed by atoms with E-state index in [9.17, 15) is 9.50 Å². The van der Waals surface area contributed by atoms with E-state index < -0.39 is 0 Å². The molecule has 2 aromatic carbocycles. The highest BCUT2D eigenvalue weighted by molar-refractivity contribution is 5.28. The van der Waals surface area contributed by atoms with Gasteiger partial charge in [-0.15, -0.1) is 0 Å². The first-order valence-electron chi connectivity index (χ1n) is 9.13. The Hall–Kier alpha value is -1.95. The largest absolute Gasteiger partial charge is 0.497 e. The monoisotopic (exact) mass is 358 g/mol. The highest BCUT2D eigenvalue weighted by atomic mass is 19.1. The van der Waals surface area contributed by atoms with Crippen LogP contribution in [-0.2, 0) is 13.1 Å². The van der Waals surface area contributed by atoms with Crippen molar-refractivity contribution in [2.24, 2.45) is 0 Å². The molecule has 2 aromatic rings. The van der Waals surface area contributed by atoms with Gasteiger partial charge < -0.3 is 9.84 Å². The third-order valence-corrected chi connectivity index (χ3v) is 5.02. The van der Waals surface area contributed by atoms with E-state index in [1.54, 1.807) is 13.2 Å². The van der Waals surface area contributed by atoms with E-state index in [1.807, 2.05) is 24.3 Å². The predicted octanol–water partition coefficient (Wildman–Crippen LogP) is 2.90. The third kappa shape index (κ3) is 4.81. The van der Waals surface area contributed by atoms with Gasteiger partial charge in [0.05, 0.1) is 7.11 Å². The van der Waals surface area contributed by atoms with Crippen LogP contribution in [0.25, 0.3) is 0 Å². The molecule has 0 aromatic heterocycles. The van der Waals surface area contributed by atoms with Crippen LogP contribution in [0.15, 0.2) is 48.5 Å².